The van der Waals surface area contributed by atoms with Gasteiger partial charge in [-0.1, -0.05) is 13.8 Å². The van der Waals surface area contributed by atoms with Crippen LogP contribution in [0, 0.1) is 34.5 Å². The Bertz CT molecular complexity index is 458. The Kier molecular flexibility index (Phi) is 3.10. The van der Waals surface area contributed by atoms with Gasteiger partial charge in [0.1, 0.15) is 5.78 Å². The number of aliphatic hydroxyl groups excluding tert-OH is 1. The molecule has 0 radical (unpaired) electrons. The van der Waals surface area contributed by atoms with Crippen LogP contribution in [0.2, 0.25) is 0 Å². The van der Waals surface area contributed by atoms with E-state index in [1.807, 2.05) is 0 Å². The molecule has 2 heteroatoms. The minimum Gasteiger partial charge on any atom is -0.393 e. The lowest BCUT2D eigenvalue weighted by Crippen LogP contribution is -2.54. The molecule has 4 aliphatic rings. The van der Waals surface area contributed by atoms with Crippen molar-refractivity contribution in [2.24, 2.45) is 34.5 Å². The van der Waals surface area contributed by atoms with Crippen LogP contribution in [0.5, 0.6) is 0 Å². The van der Waals surface area contributed by atoms with Crippen molar-refractivity contribution in [2.45, 2.75) is 77.7 Å². The summed E-state index contributed by atoms with van der Waals surface area (Å²) in [5.74, 6) is 3.52. The van der Waals surface area contributed by atoms with E-state index in [1.54, 1.807) is 0 Å². The third-order valence-electron chi connectivity index (χ3n) is 8.43. The molecule has 4 fully saturated rings. The van der Waals surface area contributed by atoms with Crippen molar-refractivity contribution in [3.63, 3.8) is 0 Å². The van der Waals surface area contributed by atoms with E-state index < -0.39 is 0 Å². The van der Waals surface area contributed by atoms with Crippen molar-refractivity contribution in [3.8, 4) is 0 Å². The Morgan fingerprint density at radius 3 is 2.52 bits per heavy atom. The number of carbonyl (C=O) groups is 1. The molecule has 0 heterocycles. The van der Waals surface area contributed by atoms with Gasteiger partial charge in [0.05, 0.1) is 6.10 Å². The van der Waals surface area contributed by atoms with Gasteiger partial charge in [0.15, 0.2) is 0 Å². The molecular formula is C19H30O2. The molecule has 4 aliphatic carbocycles. The molecule has 4 saturated carbocycles. The molecule has 0 amide bonds. The Labute approximate surface area is 128 Å². The van der Waals surface area contributed by atoms with Crippen molar-refractivity contribution in [3.05, 3.63) is 0 Å². The van der Waals surface area contributed by atoms with E-state index in [4.69, 9.17) is 0 Å². The van der Waals surface area contributed by atoms with Gasteiger partial charge < -0.3 is 5.11 Å². The zero-order valence-electron chi connectivity index (χ0n) is 13.6. The largest absolute Gasteiger partial charge is 0.393 e. The van der Waals surface area contributed by atoms with E-state index in [0.717, 1.165) is 43.4 Å². The molecule has 4 rings (SSSR count). The second-order valence-corrected chi connectivity index (χ2v) is 9.04. The lowest BCUT2D eigenvalue weighted by atomic mass is 9.45. The summed E-state index contributed by atoms with van der Waals surface area (Å²) in [6.07, 6.45) is 10.0. The van der Waals surface area contributed by atoms with Gasteiger partial charge in [-0.25, -0.2) is 0 Å². The van der Waals surface area contributed by atoms with Crippen molar-refractivity contribution >= 4 is 5.78 Å². The molecule has 0 aliphatic heterocycles. The number of fused-ring (bicyclic) bond motifs is 5. The van der Waals surface area contributed by atoms with Gasteiger partial charge in [0.25, 0.3) is 0 Å². The standard InChI is InChI=1S/C19H30O2/c1-18-9-7-13(20)11-12(18)3-4-14-15-5-6-17(21)19(15,2)10-8-16(14)18/h12,14-17,21H,3-11H2,1-2H3/t12-,14+,15-,16-,17+,18+,19+/m1/s1. The smallest absolute Gasteiger partial charge is 0.133 e. The van der Waals surface area contributed by atoms with Gasteiger partial charge >= 0.3 is 0 Å². The first-order valence-electron chi connectivity index (χ1n) is 9.15. The number of hydrogen-bond donors (Lipinski definition) is 1. The van der Waals surface area contributed by atoms with Gasteiger partial charge in [-0.2, -0.15) is 0 Å². The number of aliphatic hydroxyl groups is 1. The zero-order valence-corrected chi connectivity index (χ0v) is 13.6. The summed E-state index contributed by atoms with van der Waals surface area (Å²) in [5, 5.41) is 10.5. The second-order valence-electron chi connectivity index (χ2n) is 9.04. The first-order chi connectivity index (χ1) is 9.95. The molecule has 0 spiro atoms. The normalized spacial score (nSPS) is 56.5. The van der Waals surface area contributed by atoms with Crippen LogP contribution in [0.25, 0.3) is 0 Å². The molecule has 0 aromatic rings. The Hall–Kier alpha value is -0.370. The highest BCUT2D eigenvalue weighted by Crippen LogP contribution is 2.65. The highest BCUT2D eigenvalue weighted by Gasteiger charge is 2.59. The molecule has 0 bridgehead atoms. The SMILES string of the molecule is C[C@]12CCC(=O)C[C@H]1CC[C@@H]1[C@H]2CC[C@@]2(C)[C@@H]1CC[C@@H]2O. The topological polar surface area (TPSA) is 37.3 Å². The van der Waals surface area contributed by atoms with Crippen LogP contribution < -0.4 is 0 Å². The van der Waals surface area contributed by atoms with Gasteiger partial charge in [-0.05, 0) is 79.4 Å². The highest BCUT2D eigenvalue weighted by molar-refractivity contribution is 5.79. The predicted molar refractivity (Wildman–Crippen MR) is 82.7 cm³/mol. The quantitative estimate of drug-likeness (QED) is 0.733. The lowest BCUT2D eigenvalue weighted by Gasteiger charge is -2.60. The maximum absolute atomic E-state index is 11.9. The first kappa shape index (κ1) is 14.2. The summed E-state index contributed by atoms with van der Waals surface area (Å²) in [7, 11) is 0. The lowest BCUT2D eigenvalue weighted by molar-refractivity contribution is -0.141. The van der Waals surface area contributed by atoms with E-state index in [1.165, 1.54) is 32.1 Å². The summed E-state index contributed by atoms with van der Waals surface area (Å²) in [6.45, 7) is 4.85. The zero-order chi connectivity index (χ0) is 14.8. The maximum Gasteiger partial charge on any atom is 0.133 e. The molecule has 7 atom stereocenters. The minimum atomic E-state index is -0.0677. The van der Waals surface area contributed by atoms with Gasteiger partial charge in [0, 0.05) is 12.8 Å². The molecule has 0 unspecified atom stereocenters. The van der Waals surface area contributed by atoms with Crippen LogP contribution in [0.1, 0.15) is 71.6 Å². The predicted octanol–water partition coefficient (Wildman–Crippen LogP) is 3.96. The summed E-state index contributed by atoms with van der Waals surface area (Å²) in [5.41, 5.74) is 0.598. The third kappa shape index (κ3) is 1.84. The van der Waals surface area contributed by atoms with Crippen LogP contribution in [0.15, 0.2) is 0 Å². The number of carbonyl (C=O) groups excluding carboxylic acids is 1. The average molecular weight is 290 g/mol. The number of ketones is 1. The van der Waals surface area contributed by atoms with Crippen molar-refractivity contribution in [2.75, 3.05) is 0 Å². The van der Waals surface area contributed by atoms with Crippen LogP contribution in [0.3, 0.4) is 0 Å². The maximum atomic E-state index is 11.9. The monoisotopic (exact) mass is 290 g/mol. The molecule has 1 N–H and O–H groups in total. The van der Waals surface area contributed by atoms with E-state index in [-0.39, 0.29) is 11.5 Å². The minimum absolute atomic E-state index is 0.0677. The molecule has 2 nitrogen and oxygen atoms in total. The van der Waals surface area contributed by atoms with E-state index >= 15 is 0 Å². The average Bonchev–Trinajstić information content (AvgIpc) is 2.76. The fourth-order valence-electron chi connectivity index (χ4n) is 7.02. The molecule has 0 saturated heterocycles. The molecule has 21 heavy (non-hydrogen) atoms. The van der Waals surface area contributed by atoms with Crippen LogP contribution >= 0.6 is 0 Å². The van der Waals surface area contributed by atoms with Gasteiger partial charge in [0.2, 0.25) is 0 Å². The molecular weight excluding hydrogens is 260 g/mol. The summed E-state index contributed by atoms with van der Waals surface area (Å²) in [6, 6.07) is 0. The second kappa shape index (κ2) is 4.57. The van der Waals surface area contributed by atoms with E-state index in [2.05, 4.69) is 13.8 Å². The van der Waals surface area contributed by atoms with E-state index in [0.29, 0.717) is 17.1 Å². The van der Waals surface area contributed by atoms with Crippen LogP contribution in [-0.2, 0) is 4.79 Å². The summed E-state index contributed by atoms with van der Waals surface area (Å²) >= 11 is 0. The van der Waals surface area contributed by atoms with Crippen molar-refractivity contribution in [1.82, 2.24) is 0 Å². The number of rotatable bonds is 0. The van der Waals surface area contributed by atoms with E-state index in [9.17, 15) is 9.90 Å². The molecule has 0 aromatic carbocycles. The Morgan fingerprint density at radius 2 is 1.71 bits per heavy atom. The van der Waals surface area contributed by atoms with Crippen LogP contribution in [0.4, 0.5) is 0 Å². The molecule has 118 valence electrons. The van der Waals surface area contributed by atoms with Crippen molar-refractivity contribution in [1.29, 1.82) is 0 Å². The third-order valence-corrected chi connectivity index (χ3v) is 8.43. The summed E-state index contributed by atoms with van der Waals surface area (Å²) < 4.78 is 0. The van der Waals surface area contributed by atoms with Crippen LogP contribution in [-0.4, -0.2) is 17.0 Å². The van der Waals surface area contributed by atoms with Gasteiger partial charge in [-0.15, -0.1) is 0 Å². The molecule has 0 aromatic heterocycles. The fourth-order valence-corrected chi connectivity index (χ4v) is 7.02. The highest BCUT2D eigenvalue weighted by atomic mass is 16.3. The fraction of sp³-hybridized carbons (Fsp3) is 0.947. The number of hydrogen-bond acceptors (Lipinski definition) is 2. The Balaban J connectivity index is 1.64. The number of Topliss-reactive ketones (excluding diaryl/α,β-unsaturated/α-hetero) is 1. The van der Waals surface area contributed by atoms with Gasteiger partial charge in [-0.3, -0.25) is 4.79 Å². The Morgan fingerprint density at radius 1 is 0.952 bits per heavy atom. The summed E-state index contributed by atoms with van der Waals surface area (Å²) in [4.78, 5) is 11.9. The first-order valence-corrected chi connectivity index (χ1v) is 9.15. The van der Waals surface area contributed by atoms with Crippen molar-refractivity contribution < 1.29 is 9.90 Å².